The molecule has 2 fully saturated rings. The Kier molecular flexibility index (Phi) is 2.71. The lowest BCUT2D eigenvalue weighted by Crippen LogP contribution is -2.49. The van der Waals surface area contributed by atoms with E-state index in [1.54, 1.807) is 5.57 Å². The Bertz CT molecular complexity index is 435. The van der Waals surface area contributed by atoms with Gasteiger partial charge in [0.05, 0.1) is 6.10 Å². The molecular weight excluding hydrogens is 232 g/mol. The zero-order chi connectivity index (χ0) is 13.0. The van der Waals surface area contributed by atoms with Crippen LogP contribution in [0.3, 0.4) is 0 Å². The zero-order valence-electron chi connectivity index (χ0n) is 12.0. The smallest absolute Gasteiger partial charge is 0.0757 e. The van der Waals surface area contributed by atoms with Gasteiger partial charge >= 0.3 is 0 Å². The Morgan fingerprint density at radius 2 is 2.16 bits per heavy atom. The van der Waals surface area contributed by atoms with Crippen LogP contribution in [0.4, 0.5) is 0 Å². The van der Waals surface area contributed by atoms with Crippen molar-refractivity contribution in [3.8, 4) is 0 Å². The lowest BCUT2D eigenvalue weighted by molar-refractivity contribution is -0.0401. The number of fused-ring (bicyclic) bond motifs is 5. The first kappa shape index (κ1) is 12.2. The van der Waals surface area contributed by atoms with E-state index in [2.05, 4.69) is 25.2 Å². The predicted octanol–water partition coefficient (Wildman–Crippen LogP) is 4.09. The highest BCUT2D eigenvalue weighted by atomic mass is 16.3. The van der Waals surface area contributed by atoms with Crippen LogP contribution in [0.5, 0.6) is 0 Å². The Morgan fingerprint density at radius 1 is 1.26 bits per heavy atom. The van der Waals surface area contributed by atoms with Crippen LogP contribution in [0.2, 0.25) is 0 Å². The third kappa shape index (κ3) is 1.70. The molecule has 0 saturated heterocycles. The van der Waals surface area contributed by atoms with Crippen molar-refractivity contribution < 1.29 is 5.11 Å². The van der Waals surface area contributed by atoms with Gasteiger partial charge in [-0.1, -0.05) is 37.1 Å². The molecule has 0 aliphatic heterocycles. The molecule has 104 valence electrons. The summed E-state index contributed by atoms with van der Waals surface area (Å²) in [5, 5.41) is 10.7. The number of allylic oxidation sites excluding steroid dienone is 3. The van der Waals surface area contributed by atoms with Crippen LogP contribution in [-0.4, -0.2) is 11.2 Å². The van der Waals surface area contributed by atoms with Crippen molar-refractivity contribution in [1.29, 1.82) is 0 Å². The van der Waals surface area contributed by atoms with E-state index in [4.69, 9.17) is 0 Å². The van der Waals surface area contributed by atoms with E-state index in [0.29, 0.717) is 17.3 Å². The SMILES string of the molecule is C[C@@]12C=CC[C@H]1[C@H]1[C@H](CC2)[C@H]2CCCCC2=C[C@H]1O. The van der Waals surface area contributed by atoms with Gasteiger partial charge in [-0.25, -0.2) is 0 Å². The van der Waals surface area contributed by atoms with Gasteiger partial charge in [-0.15, -0.1) is 0 Å². The van der Waals surface area contributed by atoms with Gasteiger partial charge in [0.2, 0.25) is 0 Å². The molecule has 0 radical (unpaired) electrons. The van der Waals surface area contributed by atoms with E-state index in [9.17, 15) is 5.11 Å². The van der Waals surface area contributed by atoms with Crippen molar-refractivity contribution in [2.75, 3.05) is 0 Å². The minimum Gasteiger partial charge on any atom is -0.389 e. The van der Waals surface area contributed by atoms with Gasteiger partial charge in [-0.2, -0.15) is 0 Å². The van der Waals surface area contributed by atoms with Crippen molar-refractivity contribution in [1.82, 2.24) is 0 Å². The fraction of sp³-hybridized carbons (Fsp3) is 0.778. The average Bonchev–Trinajstić information content (AvgIpc) is 2.80. The summed E-state index contributed by atoms with van der Waals surface area (Å²) in [6, 6.07) is 0. The van der Waals surface area contributed by atoms with Gasteiger partial charge in [0.1, 0.15) is 0 Å². The quantitative estimate of drug-likeness (QED) is 0.649. The summed E-state index contributed by atoms with van der Waals surface area (Å²) >= 11 is 0. The Hall–Kier alpha value is -0.560. The van der Waals surface area contributed by atoms with Gasteiger partial charge in [0.15, 0.2) is 0 Å². The van der Waals surface area contributed by atoms with Gasteiger partial charge in [-0.3, -0.25) is 0 Å². The highest BCUT2D eigenvalue weighted by Gasteiger charge is 2.52. The van der Waals surface area contributed by atoms with Crippen LogP contribution in [-0.2, 0) is 0 Å². The number of rotatable bonds is 0. The maximum Gasteiger partial charge on any atom is 0.0757 e. The van der Waals surface area contributed by atoms with Gasteiger partial charge in [-0.05, 0) is 67.6 Å². The van der Waals surface area contributed by atoms with E-state index in [1.165, 1.54) is 44.9 Å². The normalized spacial score (nSPS) is 52.1. The maximum absolute atomic E-state index is 10.7. The monoisotopic (exact) mass is 258 g/mol. The molecule has 1 heteroatoms. The maximum atomic E-state index is 10.7. The molecule has 19 heavy (non-hydrogen) atoms. The van der Waals surface area contributed by atoms with Gasteiger partial charge < -0.3 is 5.11 Å². The number of hydrogen-bond acceptors (Lipinski definition) is 1. The lowest BCUT2D eigenvalue weighted by Gasteiger charge is -2.53. The Morgan fingerprint density at radius 3 is 3.05 bits per heavy atom. The lowest BCUT2D eigenvalue weighted by atomic mass is 9.52. The second-order valence-corrected chi connectivity index (χ2v) is 7.61. The molecule has 0 heterocycles. The second kappa shape index (κ2) is 4.22. The Labute approximate surface area is 116 Å². The number of aliphatic hydroxyl groups excluding tert-OH is 1. The van der Waals surface area contributed by atoms with Crippen molar-refractivity contribution in [3.63, 3.8) is 0 Å². The topological polar surface area (TPSA) is 20.2 Å². The predicted molar refractivity (Wildman–Crippen MR) is 77.6 cm³/mol. The standard InChI is InChI=1S/C18H26O/c1-18-9-4-7-15(18)17-14(8-10-18)13-6-3-2-5-12(13)11-16(17)19/h4,9,11,13-17,19H,2-3,5-8,10H2,1H3/t13-,14+,15-,16+,17+,18-/m0/s1. The Balaban J connectivity index is 1.70. The molecule has 6 atom stereocenters. The molecule has 0 spiro atoms. The first-order valence-electron chi connectivity index (χ1n) is 8.25. The minimum absolute atomic E-state index is 0.168. The molecule has 0 amide bonds. The minimum atomic E-state index is -0.168. The molecule has 0 aromatic carbocycles. The fourth-order valence-corrected chi connectivity index (χ4v) is 5.76. The van der Waals surface area contributed by atoms with Crippen LogP contribution in [0.25, 0.3) is 0 Å². The molecule has 4 aliphatic rings. The van der Waals surface area contributed by atoms with E-state index in [-0.39, 0.29) is 6.10 Å². The average molecular weight is 258 g/mol. The second-order valence-electron chi connectivity index (χ2n) is 7.61. The third-order valence-corrected chi connectivity index (χ3v) is 6.71. The molecule has 0 aromatic heterocycles. The molecule has 0 aromatic rings. The summed E-state index contributed by atoms with van der Waals surface area (Å²) in [5.41, 5.74) is 1.98. The van der Waals surface area contributed by atoms with Crippen molar-refractivity contribution >= 4 is 0 Å². The summed E-state index contributed by atoms with van der Waals surface area (Å²) in [7, 11) is 0. The van der Waals surface area contributed by atoms with Crippen LogP contribution in [0, 0.1) is 29.1 Å². The van der Waals surface area contributed by atoms with Crippen molar-refractivity contribution in [2.24, 2.45) is 29.1 Å². The molecule has 1 N–H and O–H groups in total. The largest absolute Gasteiger partial charge is 0.389 e. The molecule has 0 unspecified atom stereocenters. The molecule has 0 bridgehead atoms. The van der Waals surface area contributed by atoms with Gasteiger partial charge in [0.25, 0.3) is 0 Å². The molecule has 2 saturated carbocycles. The summed E-state index contributed by atoms with van der Waals surface area (Å²) in [4.78, 5) is 0. The molecule has 1 nitrogen and oxygen atoms in total. The van der Waals surface area contributed by atoms with Crippen molar-refractivity contribution in [3.05, 3.63) is 23.8 Å². The number of aliphatic hydroxyl groups is 1. The molecule has 4 rings (SSSR count). The van der Waals surface area contributed by atoms with Crippen LogP contribution in [0.1, 0.15) is 51.9 Å². The zero-order valence-corrected chi connectivity index (χ0v) is 12.0. The van der Waals surface area contributed by atoms with Crippen LogP contribution < -0.4 is 0 Å². The van der Waals surface area contributed by atoms with E-state index in [1.807, 2.05) is 0 Å². The molecular formula is C18H26O. The van der Waals surface area contributed by atoms with Crippen molar-refractivity contribution in [2.45, 2.75) is 58.0 Å². The third-order valence-electron chi connectivity index (χ3n) is 6.71. The van der Waals surface area contributed by atoms with Gasteiger partial charge in [0, 0.05) is 0 Å². The van der Waals surface area contributed by atoms with Crippen LogP contribution >= 0.6 is 0 Å². The highest BCUT2D eigenvalue weighted by Crippen LogP contribution is 2.59. The fourth-order valence-electron chi connectivity index (χ4n) is 5.76. The first-order chi connectivity index (χ1) is 9.19. The van der Waals surface area contributed by atoms with E-state index < -0.39 is 0 Å². The van der Waals surface area contributed by atoms with E-state index >= 15 is 0 Å². The summed E-state index contributed by atoms with van der Waals surface area (Å²) in [6.07, 6.45) is 16.2. The van der Waals surface area contributed by atoms with Crippen LogP contribution in [0.15, 0.2) is 23.8 Å². The number of hydrogen-bond donors (Lipinski definition) is 1. The first-order valence-corrected chi connectivity index (χ1v) is 8.25. The summed E-state index contributed by atoms with van der Waals surface area (Å²) < 4.78 is 0. The molecule has 4 aliphatic carbocycles. The summed E-state index contributed by atoms with van der Waals surface area (Å²) in [5.74, 6) is 2.81. The van der Waals surface area contributed by atoms with E-state index in [0.717, 1.165) is 11.8 Å². The highest BCUT2D eigenvalue weighted by molar-refractivity contribution is 5.24. The summed E-state index contributed by atoms with van der Waals surface area (Å²) in [6.45, 7) is 2.42.